The second-order valence-electron chi connectivity index (χ2n) is 6.88. The molecule has 1 aromatic heterocycles. The van der Waals surface area contributed by atoms with Gasteiger partial charge in [0.2, 0.25) is 0 Å². The third-order valence-corrected chi connectivity index (χ3v) is 5.71. The maximum atomic E-state index is 10.1. The molecule has 0 amide bonds. The van der Waals surface area contributed by atoms with Crippen molar-refractivity contribution in [2.45, 2.75) is 38.9 Å². The van der Waals surface area contributed by atoms with E-state index in [1.807, 2.05) is 50.4 Å². The number of hydrogen-bond donors (Lipinski definition) is 2. The van der Waals surface area contributed by atoms with Gasteiger partial charge in [0.05, 0.1) is 22.8 Å². The molecule has 1 atom stereocenters. The summed E-state index contributed by atoms with van der Waals surface area (Å²) in [5.41, 5.74) is 11.2. The molecular formula is C21H22N2O2S. The van der Waals surface area contributed by atoms with Gasteiger partial charge in [-0.25, -0.2) is 4.98 Å². The van der Waals surface area contributed by atoms with Crippen molar-refractivity contribution in [2.24, 2.45) is 0 Å². The van der Waals surface area contributed by atoms with Crippen LogP contribution in [0.3, 0.4) is 0 Å². The molecule has 0 unspecified atom stereocenters. The van der Waals surface area contributed by atoms with E-state index in [9.17, 15) is 5.11 Å². The minimum Gasteiger partial charge on any atom is -0.489 e. The van der Waals surface area contributed by atoms with Gasteiger partial charge in [-0.15, -0.1) is 11.3 Å². The highest BCUT2D eigenvalue weighted by molar-refractivity contribution is 7.18. The maximum Gasteiger partial charge on any atom is 0.142 e. The molecule has 5 heteroatoms. The Kier molecular flexibility index (Phi) is 4.42. The van der Waals surface area contributed by atoms with E-state index < -0.39 is 0 Å². The fourth-order valence-corrected chi connectivity index (χ4v) is 4.40. The van der Waals surface area contributed by atoms with Crippen LogP contribution in [-0.4, -0.2) is 16.2 Å². The summed E-state index contributed by atoms with van der Waals surface area (Å²) in [6, 6.07) is 12.0. The van der Waals surface area contributed by atoms with E-state index in [4.69, 9.17) is 10.5 Å². The molecule has 4 rings (SSSR count). The molecule has 0 aliphatic heterocycles. The molecule has 2 aromatic carbocycles. The molecule has 1 aliphatic carbocycles. The smallest absolute Gasteiger partial charge is 0.142 e. The third-order valence-electron chi connectivity index (χ3n) is 4.63. The Bertz CT molecular complexity index is 949. The molecule has 1 aliphatic rings. The van der Waals surface area contributed by atoms with Crippen molar-refractivity contribution in [3.63, 3.8) is 0 Å². The lowest BCUT2D eigenvalue weighted by Gasteiger charge is -2.12. The van der Waals surface area contributed by atoms with Crippen LogP contribution in [0.4, 0.5) is 5.69 Å². The molecule has 26 heavy (non-hydrogen) atoms. The van der Waals surface area contributed by atoms with E-state index in [2.05, 4.69) is 11.1 Å². The Morgan fingerprint density at radius 1 is 1.27 bits per heavy atom. The lowest BCUT2D eigenvalue weighted by Crippen LogP contribution is -2.07. The normalized spacial score (nSPS) is 16.1. The number of anilines is 1. The molecule has 4 nitrogen and oxygen atoms in total. The lowest BCUT2D eigenvalue weighted by atomic mass is 10.0. The zero-order valence-corrected chi connectivity index (χ0v) is 15.7. The third kappa shape index (κ3) is 3.08. The van der Waals surface area contributed by atoms with E-state index in [0.29, 0.717) is 11.4 Å². The molecule has 1 heterocycles. The molecule has 3 aromatic rings. The van der Waals surface area contributed by atoms with Crippen LogP contribution in [0.1, 0.15) is 37.5 Å². The van der Waals surface area contributed by atoms with E-state index in [1.54, 1.807) is 11.3 Å². The number of hydrogen-bond acceptors (Lipinski definition) is 5. The Balaban J connectivity index is 1.67. The van der Waals surface area contributed by atoms with Crippen LogP contribution in [0.5, 0.6) is 5.75 Å². The number of thiazole rings is 1. The SMILES string of the molecule is CC(C)Oc1ccc(-c2ncc(-c3cccc4c3CC[C@@H]4O)s2)cc1N. The maximum absolute atomic E-state index is 10.1. The van der Waals surface area contributed by atoms with Crippen LogP contribution >= 0.6 is 11.3 Å². The number of nitrogens with zero attached hydrogens (tertiary/aromatic N) is 1. The predicted molar refractivity (Wildman–Crippen MR) is 106 cm³/mol. The number of nitrogens with two attached hydrogens (primary N) is 1. The fourth-order valence-electron chi connectivity index (χ4n) is 3.44. The van der Waals surface area contributed by atoms with Crippen molar-refractivity contribution < 1.29 is 9.84 Å². The highest BCUT2D eigenvalue weighted by Gasteiger charge is 2.23. The van der Waals surface area contributed by atoms with Crippen molar-refractivity contribution in [2.75, 3.05) is 5.73 Å². The van der Waals surface area contributed by atoms with Gasteiger partial charge in [-0.1, -0.05) is 18.2 Å². The molecule has 134 valence electrons. The van der Waals surface area contributed by atoms with Gasteiger partial charge in [0.25, 0.3) is 0 Å². The van der Waals surface area contributed by atoms with Gasteiger partial charge in [-0.05, 0) is 61.6 Å². The summed E-state index contributed by atoms with van der Waals surface area (Å²) in [4.78, 5) is 5.72. The number of rotatable bonds is 4. The monoisotopic (exact) mass is 366 g/mol. The number of ether oxygens (including phenoxy) is 1. The average Bonchev–Trinajstić information content (AvgIpc) is 3.24. The van der Waals surface area contributed by atoms with Crippen LogP contribution in [0.15, 0.2) is 42.6 Å². The largest absolute Gasteiger partial charge is 0.489 e. The Labute approximate surface area is 157 Å². The first-order valence-corrected chi connectivity index (χ1v) is 9.67. The Morgan fingerprint density at radius 3 is 2.88 bits per heavy atom. The molecular weight excluding hydrogens is 344 g/mol. The van der Waals surface area contributed by atoms with Crippen molar-refractivity contribution in [3.8, 4) is 26.8 Å². The fraction of sp³-hybridized carbons (Fsp3) is 0.286. The second kappa shape index (κ2) is 6.74. The molecule has 0 saturated carbocycles. The summed E-state index contributed by atoms with van der Waals surface area (Å²) >= 11 is 1.65. The lowest BCUT2D eigenvalue weighted by molar-refractivity contribution is 0.180. The van der Waals surface area contributed by atoms with E-state index in [-0.39, 0.29) is 12.2 Å². The Morgan fingerprint density at radius 2 is 2.12 bits per heavy atom. The second-order valence-corrected chi connectivity index (χ2v) is 7.91. The number of benzene rings is 2. The summed E-state index contributed by atoms with van der Waals surface area (Å²) in [6.07, 6.45) is 3.37. The topological polar surface area (TPSA) is 68.4 Å². The van der Waals surface area contributed by atoms with Crippen LogP contribution in [0.25, 0.3) is 21.0 Å². The summed E-state index contributed by atoms with van der Waals surface area (Å²) in [5, 5.41) is 11.0. The standard InChI is InChI=1S/C21H22N2O2S/c1-12(2)25-19-9-6-13(10-17(19)22)21-23-11-20(26-21)16-5-3-4-15-14(16)7-8-18(15)24/h3-6,9-12,18,24H,7-8,22H2,1-2H3/t18-/m0/s1. The zero-order chi connectivity index (χ0) is 18.3. The summed E-state index contributed by atoms with van der Waals surface area (Å²) in [7, 11) is 0. The first-order chi connectivity index (χ1) is 12.5. The van der Waals surface area contributed by atoms with Gasteiger partial charge >= 0.3 is 0 Å². The van der Waals surface area contributed by atoms with Crippen molar-refractivity contribution in [3.05, 3.63) is 53.7 Å². The van der Waals surface area contributed by atoms with Gasteiger partial charge in [-0.3, -0.25) is 0 Å². The molecule has 0 radical (unpaired) electrons. The van der Waals surface area contributed by atoms with Crippen LogP contribution in [0, 0.1) is 0 Å². The quantitative estimate of drug-likeness (QED) is 0.649. The zero-order valence-electron chi connectivity index (χ0n) is 14.9. The van der Waals surface area contributed by atoms with E-state index in [0.717, 1.165) is 33.9 Å². The first-order valence-electron chi connectivity index (χ1n) is 8.85. The van der Waals surface area contributed by atoms with E-state index in [1.165, 1.54) is 11.1 Å². The molecule has 3 N–H and O–H groups in total. The van der Waals surface area contributed by atoms with Gasteiger partial charge < -0.3 is 15.6 Å². The predicted octanol–water partition coefficient (Wildman–Crippen LogP) is 4.83. The van der Waals surface area contributed by atoms with Crippen LogP contribution in [0.2, 0.25) is 0 Å². The molecule has 0 fully saturated rings. The highest BCUT2D eigenvalue weighted by Crippen LogP contribution is 2.41. The van der Waals surface area contributed by atoms with Crippen molar-refractivity contribution >= 4 is 17.0 Å². The number of aliphatic hydroxyl groups excluding tert-OH is 1. The first kappa shape index (κ1) is 17.1. The number of nitrogen functional groups attached to an aromatic ring is 1. The summed E-state index contributed by atoms with van der Waals surface area (Å²) in [6.45, 7) is 3.96. The minimum atomic E-state index is -0.342. The van der Waals surface area contributed by atoms with Crippen LogP contribution < -0.4 is 10.5 Å². The Hall–Kier alpha value is -2.37. The van der Waals surface area contributed by atoms with Crippen molar-refractivity contribution in [1.82, 2.24) is 4.98 Å². The number of aliphatic hydroxyl groups is 1. The van der Waals surface area contributed by atoms with Crippen molar-refractivity contribution in [1.29, 1.82) is 0 Å². The van der Waals surface area contributed by atoms with Gasteiger partial charge in [0, 0.05) is 11.8 Å². The molecule has 0 saturated heterocycles. The summed E-state index contributed by atoms with van der Waals surface area (Å²) < 4.78 is 5.71. The van der Waals surface area contributed by atoms with Crippen LogP contribution in [-0.2, 0) is 6.42 Å². The minimum absolute atomic E-state index is 0.0881. The number of aromatic nitrogens is 1. The molecule has 0 bridgehead atoms. The molecule has 0 spiro atoms. The van der Waals surface area contributed by atoms with Gasteiger partial charge in [0.15, 0.2) is 0 Å². The highest BCUT2D eigenvalue weighted by atomic mass is 32.1. The summed E-state index contributed by atoms with van der Waals surface area (Å²) in [5.74, 6) is 0.704. The van der Waals surface area contributed by atoms with Gasteiger partial charge in [0.1, 0.15) is 10.8 Å². The average molecular weight is 366 g/mol. The van der Waals surface area contributed by atoms with Gasteiger partial charge in [-0.2, -0.15) is 0 Å². The van der Waals surface area contributed by atoms with E-state index >= 15 is 0 Å². The number of fused-ring (bicyclic) bond motifs is 1.